The Balaban J connectivity index is 1.89. The van der Waals surface area contributed by atoms with E-state index in [0.717, 1.165) is 10.4 Å². The first kappa shape index (κ1) is 12.0. The van der Waals surface area contributed by atoms with Crippen molar-refractivity contribution in [3.63, 3.8) is 0 Å². The van der Waals surface area contributed by atoms with E-state index >= 15 is 0 Å². The van der Waals surface area contributed by atoms with Crippen LogP contribution < -0.4 is 0 Å². The maximum absolute atomic E-state index is 11.7. The molecule has 2 aromatic rings. The third-order valence-electron chi connectivity index (χ3n) is 2.63. The van der Waals surface area contributed by atoms with Gasteiger partial charge in [-0.1, -0.05) is 36.4 Å². The van der Waals surface area contributed by atoms with Gasteiger partial charge in [0.05, 0.1) is 11.0 Å². The van der Waals surface area contributed by atoms with Gasteiger partial charge in [-0.3, -0.25) is 4.79 Å². The fourth-order valence-corrected chi connectivity index (χ4v) is 2.36. The molecule has 1 aromatic heterocycles. The van der Waals surface area contributed by atoms with Gasteiger partial charge >= 0.3 is 0 Å². The summed E-state index contributed by atoms with van der Waals surface area (Å²) < 4.78 is 0. The van der Waals surface area contributed by atoms with E-state index < -0.39 is 6.10 Å². The molecule has 0 aliphatic heterocycles. The summed E-state index contributed by atoms with van der Waals surface area (Å²) in [4.78, 5) is 12.5. The van der Waals surface area contributed by atoms with Crippen LogP contribution in [-0.2, 0) is 0 Å². The first-order valence-corrected chi connectivity index (χ1v) is 6.45. The number of benzene rings is 1. The lowest BCUT2D eigenvalue weighted by Gasteiger charge is -2.09. The van der Waals surface area contributed by atoms with Crippen molar-refractivity contribution in [3.8, 4) is 0 Å². The summed E-state index contributed by atoms with van der Waals surface area (Å²) in [5.74, 6) is 0.106. The Labute approximate surface area is 105 Å². The highest BCUT2D eigenvalue weighted by Gasteiger charge is 2.11. The zero-order chi connectivity index (χ0) is 12.1. The topological polar surface area (TPSA) is 37.3 Å². The van der Waals surface area contributed by atoms with Crippen LogP contribution in [0.2, 0.25) is 0 Å². The molecule has 1 heterocycles. The smallest absolute Gasteiger partial charge is 0.172 e. The highest BCUT2D eigenvalue weighted by Crippen LogP contribution is 2.20. The van der Waals surface area contributed by atoms with Crippen LogP contribution in [0.3, 0.4) is 0 Å². The molecular formula is C14H14O2S. The SMILES string of the molecule is O=C(CCC(O)c1ccccc1)c1cccs1. The predicted octanol–water partition coefficient (Wildman–Crippen LogP) is 3.44. The maximum atomic E-state index is 11.7. The van der Waals surface area contributed by atoms with Crippen molar-refractivity contribution in [1.29, 1.82) is 0 Å². The van der Waals surface area contributed by atoms with Gasteiger partial charge in [0.15, 0.2) is 5.78 Å². The molecule has 2 nitrogen and oxygen atoms in total. The molecule has 0 fully saturated rings. The largest absolute Gasteiger partial charge is 0.388 e. The second-order valence-electron chi connectivity index (χ2n) is 3.87. The first-order valence-electron chi connectivity index (χ1n) is 5.57. The molecule has 1 N–H and O–H groups in total. The van der Waals surface area contributed by atoms with Gasteiger partial charge in [-0.05, 0) is 23.4 Å². The lowest BCUT2D eigenvalue weighted by molar-refractivity contribution is 0.0944. The summed E-state index contributed by atoms with van der Waals surface area (Å²) in [6, 6.07) is 13.1. The molecule has 88 valence electrons. The first-order chi connectivity index (χ1) is 8.27. The second-order valence-corrected chi connectivity index (χ2v) is 4.81. The Hall–Kier alpha value is -1.45. The summed E-state index contributed by atoms with van der Waals surface area (Å²) in [6.45, 7) is 0. The molecule has 0 radical (unpaired) electrons. The summed E-state index contributed by atoms with van der Waals surface area (Å²) in [5.41, 5.74) is 0.867. The fourth-order valence-electron chi connectivity index (χ4n) is 1.67. The zero-order valence-corrected chi connectivity index (χ0v) is 10.2. The third kappa shape index (κ3) is 3.25. The van der Waals surface area contributed by atoms with Gasteiger partial charge in [0, 0.05) is 6.42 Å². The van der Waals surface area contributed by atoms with Crippen LogP contribution in [0, 0.1) is 0 Å². The van der Waals surface area contributed by atoms with E-state index in [1.807, 2.05) is 47.8 Å². The van der Waals surface area contributed by atoms with Gasteiger partial charge < -0.3 is 5.11 Å². The zero-order valence-electron chi connectivity index (χ0n) is 9.37. The number of Topliss-reactive ketones (excluding diaryl/α,β-unsaturated/α-hetero) is 1. The van der Waals surface area contributed by atoms with Gasteiger partial charge in [-0.2, -0.15) is 0 Å². The fraction of sp³-hybridized carbons (Fsp3) is 0.214. The van der Waals surface area contributed by atoms with Gasteiger partial charge in [-0.25, -0.2) is 0 Å². The Morgan fingerprint density at radius 1 is 1.18 bits per heavy atom. The maximum Gasteiger partial charge on any atom is 0.172 e. The molecule has 0 aliphatic carbocycles. The molecule has 0 saturated carbocycles. The lowest BCUT2D eigenvalue weighted by atomic mass is 10.0. The molecule has 0 saturated heterocycles. The van der Waals surface area contributed by atoms with E-state index in [0.29, 0.717) is 12.8 Å². The molecule has 17 heavy (non-hydrogen) atoms. The quantitative estimate of drug-likeness (QED) is 0.820. The van der Waals surface area contributed by atoms with E-state index in [1.165, 1.54) is 11.3 Å². The van der Waals surface area contributed by atoms with E-state index in [1.54, 1.807) is 0 Å². The number of aliphatic hydroxyl groups is 1. The van der Waals surface area contributed by atoms with Crippen LogP contribution in [0.25, 0.3) is 0 Å². The van der Waals surface area contributed by atoms with E-state index in [2.05, 4.69) is 0 Å². The average molecular weight is 246 g/mol. The normalized spacial score (nSPS) is 12.3. The minimum Gasteiger partial charge on any atom is -0.388 e. The molecule has 2 rings (SSSR count). The van der Waals surface area contributed by atoms with Crippen LogP contribution in [0.5, 0.6) is 0 Å². The number of aliphatic hydroxyl groups excluding tert-OH is 1. The Kier molecular flexibility index (Phi) is 4.07. The van der Waals surface area contributed by atoms with Crippen molar-refractivity contribution in [2.24, 2.45) is 0 Å². The van der Waals surface area contributed by atoms with Gasteiger partial charge in [0.25, 0.3) is 0 Å². The number of rotatable bonds is 5. The standard InChI is InChI=1S/C14H14O2S/c15-12(11-5-2-1-3-6-11)8-9-13(16)14-7-4-10-17-14/h1-7,10,12,15H,8-9H2. The highest BCUT2D eigenvalue weighted by molar-refractivity contribution is 7.12. The number of ketones is 1. The van der Waals surface area contributed by atoms with Gasteiger partial charge in [0.2, 0.25) is 0 Å². The van der Waals surface area contributed by atoms with Crippen molar-refractivity contribution in [3.05, 3.63) is 58.3 Å². The number of carbonyl (C=O) groups is 1. The molecule has 0 spiro atoms. The monoisotopic (exact) mass is 246 g/mol. The molecule has 0 amide bonds. The number of hydrogen-bond acceptors (Lipinski definition) is 3. The molecular weight excluding hydrogens is 232 g/mol. The summed E-state index contributed by atoms with van der Waals surface area (Å²) in [7, 11) is 0. The number of thiophene rings is 1. The minimum absolute atomic E-state index is 0.106. The number of carbonyl (C=O) groups excluding carboxylic acids is 1. The summed E-state index contributed by atoms with van der Waals surface area (Å²) >= 11 is 1.45. The van der Waals surface area contributed by atoms with E-state index in [4.69, 9.17) is 0 Å². The van der Waals surface area contributed by atoms with Gasteiger partial charge in [-0.15, -0.1) is 11.3 Å². The third-order valence-corrected chi connectivity index (χ3v) is 3.54. The van der Waals surface area contributed by atoms with Crippen molar-refractivity contribution in [1.82, 2.24) is 0 Å². The average Bonchev–Trinajstić information content (AvgIpc) is 2.90. The second kappa shape index (κ2) is 5.75. The van der Waals surface area contributed by atoms with Crippen molar-refractivity contribution in [2.45, 2.75) is 18.9 Å². The van der Waals surface area contributed by atoms with Crippen LogP contribution in [-0.4, -0.2) is 10.9 Å². The van der Waals surface area contributed by atoms with Crippen LogP contribution in [0.1, 0.15) is 34.2 Å². The Morgan fingerprint density at radius 2 is 1.94 bits per heavy atom. The molecule has 3 heteroatoms. The minimum atomic E-state index is -0.555. The summed E-state index contributed by atoms with van der Waals surface area (Å²) in [6.07, 6.45) is 0.303. The molecule has 1 aromatic carbocycles. The van der Waals surface area contributed by atoms with Crippen LogP contribution in [0.15, 0.2) is 47.8 Å². The van der Waals surface area contributed by atoms with Crippen LogP contribution >= 0.6 is 11.3 Å². The van der Waals surface area contributed by atoms with E-state index in [9.17, 15) is 9.90 Å². The lowest BCUT2D eigenvalue weighted by Crippen LogP contribution is -2.02. The Morgan fingerprint density at radius 3 is 2.59 bits per heavy atom. The molecule has 1 unspecified atom stereocenters. The van der Waals surface area contributed by atoms with Crippen molar-refractivity contribution >= 4 is 17.1 Å². The number of hydrogen-bond donors (Lipinski definition) is 1. The highest BCUT2D eigenvalue weighted by atomic mass is 32.1. The van der Waals surface area contributed by atoms with E-state index in [-0.39, 0.29) is 5.78 Å². The molecule has 1 atom stereocenters. The van der Waals surface area contributed by atoms with Gasteiger partial charge in [0.1, 0.15) is 0 Å². The Bertz CT molecular complexity index is 462. The van der Waals surface area contributed by atoms with Crippen molar-refractivity contribution < 1.29 is 9.90 Å². The molecule has 0 aliphatic rings. The molecule has 0 bridgehead atoms. The van der Waals surface area contributed by atoms with Crippen molar-refractivity contribution in [2.75, 3.05) is 0 Å². The predicted molar refractivity (Wildman–Crippen MR) is 69.3 cm³/mol. The van der Waals surface area contributed by atoms with Crippen LogP contribution in [0.4, 0.5) is 0 Å². The summed E-state index contributed by atoms with van der Waals surface area (Å²) in [5, 5.41) is 11.8.